The fraction of sp³-hybridized carbons (Fsp3) is 0. The normalized spacial score (nSPS) is 9.47. The molecule has 6 heteroatoms. The molecule has 0 bridgehead atoms. The number of halogens is 1. The zero-order chi connectivity index (χ0) is 13.7. The van der Waals surface area contributed by atoms with E-state index in [1.54, 1.807) is 24.3 Å². The average molecular weight is 257 g/mol. The van der Waals surface area contributed by atoms with Crippen LogP contribution in [-0.2, 0) is 0 Å². The van der Waals surface area contributed by atoms with Crippen molar-refractivity contribution < 1.29 is 9.18 Å². The lowest BCUT2D eigenvalue weighted by Gasteiger charge is -2.06. The van der Waals surface area contributed by atoms with E-state index in [2.05, 4.69) is 15.8 Å². The van der Waals surface area contributed by atoms with E-state index in [0.29, 0.717) is 16.9 Å². The van der Waals surface area contributed by atoms with Gasteiger partial charge in [-0.2, -0.15) is 0 Å². The van der Waals surface area contributed by atoms with Crippen molar-refractivity contribution in [3.05, 3.63) is 65.0 Å². The second-order valence-electron chi connectivity index (χ2n) is 3.72. The number of carbonyl (C=O) groups excluding carboxylic acids is 1. The molecule has 0 saturated heterocycles. The molecule has 0 aliphatic heterocycles. The number of para-hydroxylation sites is 1. The van der Waals surface area contributed by atoms with Gasteiger partial charge in [-0.3, -0.25) is 4.79 Å². The van der Waals surface area contributed by atoms with E-state index in [0.717, 1.165) is 0 Å². The molecule has 2 aromatic rings. The Kier molecular flexibility index (Phi) is 3.69. The second-order valence-corrected chi connectivity index (χ2v) is 3.72. The summed E-state index contributed by atoms with van der Waals surface area (Å²) in [4.78, 5) is 12.0. The molecule has 1 amide bonds. The molecule has 2 rings (SSSR count). The molecule has 0 fully saturated rings. The minimum atomic E-state index is -0.390. The summed E-state index contributed by atoms with van der Waals surface area (Å²) in [5, 5.41) is 13.9. The molecule has 5 nitrogen and oxygen atoms in total. The van der Waals surface area contributed by atoms with Crippen LogP contribution in [0, 0.1) is 11.2 Å². The number of carbonyl (C=O) groups is 1. The quantitative estimate of drug-likeness (QED) is 0.655. The summed E-state index contributed by atoms with van der Waals surface area (Å²) in [6, 6.07) is 12.0. The smallest absolute Gasteiger partial charge is 0.308 e. The number of hydrogen-bond acceptors (Lipinski definition) is 3. The van der Waals surface area contributed by atoms with Crippen molar-refractivity contribution in [2.45, 2.75) is 0 Å². The number of hydrogen-bond donors (Lipinski definition) is 2. The van der Waals surface area contributed by atoms with E-state index in [1.165, 1.54) is 24.3 Å². The standard InChI is InChI=1S/C13H9FN4O/c14-9-5-7-10(8-6-9)16-13(19)11-3-1-2-4-12(11)17-18-15/h1-8H,(H-,16,17,19)/p+1. The van der Waals surface area contributed by atoms with Crippen molar-refractivity contribution in [3.8, 4) is 0 Å². The highest BCUT2D eigenvalue weighted by atomic mass is 19.1. The average Bonchev–Trinajstić information content (AvgIpc) is 2.42. The summed E-state index contributed by atoms with van der Waals surface area (Å²) in [5.74, 6) is -0.766. The van der Waals surface area contributed by atoms with Gasteiger partial charge >= 0.3 is 5.08 Å². The van der Waals surface area contributed by atoms with E-state index in [-0.39, 0.29) is 5.82 Å². The van der Waals surface area contributed by atoms with Crippen LogP contribution in [0.25, 0.3) is 5.08 Å². The molecule has 0 unspecified atom stereocenters. The maximum Gasteiger partial charge on any atom is 0.308 e. The van der Waals surface area contributed by atoms with Crippen LogP contribution in [0.1, 0.15) is 10.4 Å². The van der Waals surface area contributed by atoms with E-state index >= 15 is 0 Å². The van der Waals surface area contributed by atoms with Crippen LogP contribution in [0.5, 0.6) is 0 Å². The minimum Gasteiger partial charge on any atom is -0.322 e. The molecule has 0 spiro atoms. The van der Waals surface area contributed by atoms with Crippen molar-refractivity contribution in [1.82, 2.24) is 0 Å². The van der Waals surface area contributed by atoms with Gasteiger partial charge < -0.3 is 5.32 Å². The van der Waals surface area contributed by atoms with E-state index < -0.39 is 5.91 Å². The molecule has 0 heterocycles. The Labute approximate surface area is 108 Å². The first-order valence-corrected chi connectivity index (χ1v) is 5.47. The van der Waals surface area contributed by atoms with Crippen LogP contribution in [0.2, 0.25) is 0 Å². The van der Waals surface area contributed by atoms with Gasteiger partial charge in [-0.15, -0.1) is 0 Å². The molecule has 0 radical (unpaired) electrons. The lowest BCUT2D eigenvalue weighted by Crippen LogP contribution is -2.13. The van der Waals surface area contributed by atoms with E-state index in [1.807, 2.05) is 0 Å². The van der Waals surface area contributed by atoms with Crippen molar-refractivity contribution in [2.75, 3.05) is 10.7 Å². The number of amides is 1. The van der Waals surface area contributed by atoms with Crippen LogP contribution in [0.15, 0.2) is 48.5 Å². The van der Waals surface area contributed by atoms with Gasteiger partial charge in [-0.25, -0.2) is 4.39 Å². The number of diazo groups is 1. The maximum absolute atomic E-state index is 12.7. The fourth-order valence-electron chi connectivity index (χ4n) is 1.56. The molecule has 0 saturated carbocycles. The Balaban J connectivity index is 2.20. The van der Waals surface area contributed by atoms with Crippen LogP contribution < -0.4 is 10.7 Å². The first-order valence-electron chi connectivity index (χ1n) is 5.47. The first-order chi connectivity index (χ1) is 9.20. The molecule has 2 N–H and O–H groups in total. The zero-order valence-corrected chi connectivity index (χ0v) is 9.80. The van der Waals surface area contributed by atoms with Crippen molar-refractivity contribution in [1.29, 1.82) is 5.39 Å². The third-order valence-corrected chi connectivity index (χ3v) is 2.44. The number of nitrogens with zero attached hydrogens (tertiary/aromatic N) is 2. The minimum absolute atomic E-state index is 0.310. The molecule has 19 heavy (non-hydrogen) atoms. The summed E-state index contributed by atoms with van der Waals surface area (Å²) in [6.45, 7) is 0. The highest BCUT2D eigenvalue weighted by molar-refractivity contribution is 6.08. The van der Waals surface area contributed by atoms with Gasteiger partial charge in [0.05, 0.1) is 5.56 Å². The summed E-state index contributed by atoms with van der Waals surface area (Å²) >= 11 is 0. The summed E-state index contributed by atoms with van der Waals surface area (Å²) in [6.07, 6.45) is 0. The highest BCUT2D eigenvalue weighted by Crippen LogP contribution is 2.17. The summed E-state index contributed by atoms with van der Waals surface area (Å²) < 4.78 is 12.7. The lowest BCUT2D eigenvalue weighted by atomic mass is 10.1. The van der Waals surface area contributed by atoms with Gasteiger partial charge in [0, 0.05) is 5.69 Å². The lowest BCUT2D eigenvalue weighted by molar-refractivity contribution is 0.102. The molecular weight excluding hydrogens is 247 g/mol. The fourth-order valence-corrected chi connectivity index (χ4v) is 1.56. The molecule has 94 valence electrons. The summed E-state index contributed by atoms with van der Waals surface area (Å²) in [7, 11) is 0. The highest BCUT2D eigenvalue weighted by Gasteiger charge is 2.13. The van der Waals surface area contributed by atoms with Gasteiger partial charge in [-0.05, 0) is 41.8 Å². The predicted molar refractivity (Wildman–Crippen MR) is 69.5 cm³/mol. The largest absolute Gasteiger partial charge is 0.322 e. The van der Waals surface area contributed by atoms with E-state index in [4.69, 9.17) is 5.39 Å². The van der Waals surface area contributed by atoms with Crippen LogP contribution in [-0.4, -0.2) is 5.91 Å². The SMILES string of the molecule is N#[N+]Nc1ccccc1C(=O)Nc1ccc(F)cc1. The molecular formula is C13H10FN4O+. The predicted octanol–water partition coefficient (Wildman–Crippen LogP) is 3.26. The Morgan fingerprint density at radius 2 is 1.79 bits per heavy atom. The number of benzene rings is 2. The summed E-state index contributed by atoms with van der Waals surface area (Å²) in [5.41, 5.74) is 3.46. The molecule has 0 aliphatic carbocycles. The van der Waals surface area contributed by atoms with Gasteiger partial charge in [0.15, 0.2) is 0 Å². The number of nitrogens with one attached hydrogen (secondary N) is 2. The van der Waals surface area contributed by atoms with Crippen molar-refractivity contribution in [2.24, 2.45) is 0 Å². The Hall–Kier alpha value is -2.94. The van der Waals surface area contributed by atoms with Gasteiger partial charge in [0.2, 0.25) is 0 Å². The van der Waals surface area contributed by atoms with Crippen LogP contribution in [0.4, 0.5) is 15.8 Å². The van der Waals surface area contributed by atoms with Crippen LogP contribution >= 0.6 is 0 Å². The third kappa shape index (κ3) is 3.04. The maximum atomic E-state index is 12.7. The molecule has 0 aliphatic rings. The van der Waals surface area contributed by atoms with Gasteiger partial charge in [0.25, 0.3) is 11.3 Å². The van der Waals surface area contributed by atoms with Gasteiger partial charge in [-0.1, -0.05) is 12.1 Å². The Bertz CT molecular complexity index is 634. The monoisotopic (exact) mass is 257 g/mol. The molecule has 0 aromatic heterocycles. The Morgan fingerprint density at radius 1 is 1.11 bits per heavy atom. The third-order valence-electron chi connectivity index (χ3n) is 2.44. The Morgan fingerprint density at radius 3 is 2.47 bits per heavy atom. The molecule has 0 atom stereocenters. The first kappa shape index (κ1) is 12.5. The van der Waals surface area contributed by atoms with Crippen molar-refractivity contribution >= 4 is 17.3 Å². The van der Waals surface area contributed by atoms with Crippen molar-refractivity contribution in [3.63, 3.8) is 0 Å². The zero-order valence-electron chi connectivity index (χ0n) is 9.80. The van der Waals surface area contributed by atoms with E-state index in [9.17, 15) is 9.18 Å². The molecule has 2 aromatic carbocycles. The number of rotatable bonds is 3. The number of anilines is 2. The van der Waals surface area contributed by atoms with Gasteiger partial charge in [0.1, 0.15) is 11.5 Å². The van der Waals surface area contributed by atoms with Crippen LogP contribution in [0.3, 0.4) is 0 Å². The topological polar surface area (TPSA) is 69.3 Å². The second kappa shape index (κ2) is 5.60.